The van der Waals surface area contributed by atoms with Crippen molar-refractivity contribution in [2.45, 2.75) is 114 Å². The topological polar surface area (TPSA) is 60.7 Å². The smallest absolute Gasteiger partial charge is 0.0614 e. The van der Waals surface area contributed by atoms with Crippen LogP contribution >= 0.6 is 0 Å². The molecule has 4 unspecified atom stereocenters. The van der Waals surface area contributed by atoms with Crippen LogP contribution < -0.4 is 0 Å². The molecule has 0 saturated heterocycles. The SMILES string of the molecule is CC(C)=CCC/C(C)=C/CO.CC(C)=CCCC1(C)CC1CO.CC(C)=CCCC1(C)CC1CO. The zero-order valence-corrected chi connectivity index (χ0v) is 24.6. The van der Waals surface area contributed by atoms with Crippen molar-refractivity contribution in [3.8, 4) is 0 Å². The molecule has 0 aromatic carbocycles. The van der Waals surface area contributed by atoms with Gasteiger partial charge in [-0.05, 0) is 122 Å². The van der Waals surface area contributed by atoms with Gasteiger partial charge in [-0.3, -0.25) is 0 Å². The normalized spacial score (nSPS) is 26.3. The Morgan fingerprint density at radius 3 is 1.29 bits per heavy atom. The molecule has 204 valence electrons. The number of aliphatic hydroxyl groups excluding tert-OH is 3. The van der Waals surface area contributed by atoms with Crippen LogP contribution in [0.25, 0.3) is 0 Å². The summed E-state index contributed by atoms with van der Waals surface area (Å²) in [5, 5.41) is 26.4. The summed E-state index contributed by atoms with van der Waals surface area (Å²) in [7, 11) is 0. The third-order valence-electron chi connectivity index (χ3n) is 7.58. The van der Waals surface area contributed by atoms with Gasteiger partial charge in [0.05, 0.1) is 6.61 Å². The Bertz CT molecular complexity index is 660. The highest BCUT2D eigenvalue weighted by atomic mass is 16.3. The lowest BCUT2D eigenvalue weighted by Crippen LogP contribution is -2.00. The predicted molar refractivity (Wildman–Crippen MR) is 153 cm³/mol. The highest BCUT2D eigenvalue weighted by molar-refractivity contribution is 5.03. The highest BCUT2D eigenvalue weighted by Crippen LogP contribution is 2.55. The van der Waals surface area contributed by atoms with Crippen molar-refractivity contribution in [2.75, 3.05) is 19.8 Å². The van der Waals surface area contributed by atoms with Gasteiger partial charge in [-0.25, -0.2) is 0 Å². The summed E-state index contributed by atoms with van der Waals surface area (Å²) >= 11 is 0. The van der Waals surface area contributed by atoms with E-state index >= 15 is 0 Å². The van der Waals surface area contributed by atoms with Gasteiger partial charge in [0.2, 0.25) is 0 Å². The van der Waals surface area contributed by atoms with Crippen molar-refractivity contribution in [2.24, 2.45) is 22.7 Å². The van der Waals surface area contributed by atoms with E-state index in [4.69, 9.17) is 15.3 Å². The molecule has 3 N–H and O–H groups in total. The predicted octanol–water partition coefficient (Wildman–Crippen LogP) is 8.17. The van der Waals surface area contributed by atoms with Crippen LogP contribution in [0, 0.1) is 22.7 Å². The van der Waals surface area contributed by atoms with E-state index in [1.54, 1.807) is 0 Å². The zero-order valence-electron chi connectivity index (χ0n) is 24.6. The Labute approximate surface area is 218 Å². The Kier molecular flexibility index (Phi) is 16.7. The van der Waals surface area contributed by atoms with Gasteiger partial charge >= 0.3 is 0 Å². The second kappa shape index (κ2) is 17.3. The Balaban J connectivity index is 0.000000496. The summed E-state index contributed by atoms with van der Waals surface area (Å²) in [6, 6.07) is 0. The molecule has 0 spiro atoms. The summed E-state index contributed by atoms with van der Waals surface area (Å²) in [6.45, 7) is 20.3. The molecule has 2 aliphatic rings. The molecule has 4 atom stereocenters. The van der Waals surface area contributed by atoms with Gasteiger partial charge in [0.15, 0.2) is 0 Å². The van der Waals surface area contributed by atoms with Gasteiger partial charge in [-0.15, -0.1) is 0 Å². The van der Waals surface area contributed by atoms with Crippen molar-refractivity contribution in [3.05, 3.63) is 46.6 Å². The lowest BCUT2D eigenvalue weighted by molar-refractivity contribution is 0.250. The molecule has 0 bridgehead atoms. The molecule has 0 amide bonds. The molecule has 2 fully saturated rings. The molecule has 3 nitrogen and oxygen atoms in total. The molecule has 2 rings (SSSR count). The number of rotatable bonds is 12. The van der Waals surface area contributed by atoms with E-state index in [-0.39, 0.29) is 6.61 Å². The molecule has 2 saturated carbocycles. The summed E-state index contributed by atoms with van der Waals surface area (Å²) in [4.78, 5) is 0. The average molecular weight is 491 g/mol. The molecule has 3 heteroatoms. The van der Waals surface area contributed by atoms with Gasteiger partial charge < -0.3 is 15.3 Å². The Hall–Kier alpha value is -1.16. The van der Waals surface area contributed by atoms with E-state index in [1.165, 1.54) is 60.8 Å². The standard InChI is InChI=1S/2C11H20O.C10H18O/c2*1-9(2)5-4-6-11(3)7-10(11)8-12;1-9(2)5-4-6-10(3)7-8-11/h2*5,10,12H,4,6-8H2,1-3H3;5,7,11H,4,6,8H2,1-3H3/b;;10-7+. The molecule has 35 heavy (non-hydrogen) atoms. The first kappa shape index (κ1) is 33.8. The first-order valence-corrected chi connectivity index (χ1v) is 13.7. The molecule has 2 aliphatic carbocycles. The first-order chi connectivity index (χ1) is 16.3. The van der Waals surface area contributed by atoms with Crippen LogP contribution in [0.3, 0.4) is 0 Å². The van der Waals surface area contributed by atoms with Gasteiger partial charge in [0.1, 0.15) is 0 Å². The second-order valence-corrected chi connectivity index (χ2v) is 12.2. The quantitative estimate of drug-likeness (QED) is 0.242. The van der Waals surface area contributed by atoms with Crippen molar-refractivity contribution in [1.82, 2.24) is 0 Å². The van der Waals surface area contributed by atoms with Crippen LogP contribution in [-0.2, 0) is 0 Å². The van der Waals surface area contributed by atoms with Crippen molar-refractivity contribution in [3.63, 3.8) is 0 Å². The molecule has 0 aromatic rings. The van der Waals surface area contributed by atoms with Crippen LogP contribution in [0.5, 0.6) is 0 Å². The molecular weight excluding hydrogens is 432 g/mol. The van der Waals surface area contributed by atoms with Crippen molar-refractivity contribution >= 4 is 0 Å². The van der Waals surface area contributed by atoms with Crippen LogP contribution in [0.1, 0.15) is 114 Å². The monoisotopic (exact) mass is 490 g/mol. The Morgan fingerprint density at radius 2 is 1.00 bits per heavy atom. The molecular formula is C32H58O3. The highest BCUT2D eigenvalue weighted by Gasteiger charge is 2.48. The maximum Gasteiger partial charge on any atom is 0.0614 e. The first-order valence-electron chi connectivity index (χ1n) is 13.7. The zero-order chi connectivity index (χ0) is 27.1. The summed E-state index contributed by atoms with van der Waals surface area (Å²) in [6.07, 6.45) is 18.1. The minimum Gasteiger partial charge on any atom is -0.396 e. The van der Waals surface area contributed by atoms with E-state index < -0.39 is 0 Å². The summed E-state index contributed by atoms with van der Waals surface area (Å²) < 4.78 is 0. The second-order valence-electron chi connectivity index (χ2n) is 12.2. The molecule has 0 aliphatic heterocycles. The minimum absolute atomic E-state index is 0.167. The molecule has 0 aromatic heterocycles. The fraction of sp³-hybridized carbons (Fsp3) is 0.750. The summed E-state index contributed by atoms with van der Waals surface area (Å²) in [5.74, 6) is 1.17. The third kappa shape index (κ3) is 16.3. The van der Waals surface area contributed by atoms with Crippen molar-refractivity contribution < 1.29 is 15.3 Å². The number of allylic oxidation sites excluding steroid dienone is 7. The van der Waals surface area contributed by atoms with Crippen LogP contribution in [-0.4, -0.2) is 35.1 Å². The number of aliphatic hydroxyl groups is 3. The van der Waals surface area contributed by atoms with Crippen LogP contribution in [0.4, 0.5) is 0 Å². The number of hydrogen-bond donors (Lipinski definition) is 3. The largest absolute Gasteiger partial charge is 0.396 e. The molecule has 0 heterocycles. The lowest BCUT2D eigenvalue weighted by atomic mass is 9.99. The Morgan fingerprint density at radius 1 is 0.629 bits per heavy atom. The maximum absolute atomic E-state index is 8.93. The maximum atomic E-state index is 8.93. The van der Waals surface area contributed by atoms with E-state index in [2.05, 4.69) is 80.5 Å². The average Bonchev–Trinajstić information content (AvgIpc) is 3.62. The minimum atomic E-state index is 0.167. The van der Waals surface area contributed by atoms with Crippen LogP contribution in [0.2, 0.25) is 0 Å². The molecule has 0 radical (unpaired) electrons. The fourth-order valence-corrected chi connectivity index (χ4v) is 4.42. The van der Waals surface area contributed by atoms with Gasteiger partial charge in [0.25, 0.3) is 0 Å². The third-order valence-corrected chi connectivity index (χ3v) is 7.58. The van der Waals surface area contributed by atoms with Crippen molar-refractivity contribution in [1.29, 1.82) is 0 Å². The van der Waals surface area contributed by atoms with Crippen LogP contribution in [0.15, 0.2) is 46.6 Å². The van der Waals surface area contributed by atoms with Gasteiger partial charge in [0, 0.05) is 13.2 Å². The van der Waals surface area contributed by atoms with E-state index in [0.29, 0.717) is 35.9 Å². The van der Waals surface area contributed by atoms with E-state index in [1.807, 2.05) is 6.08 Å². The van der Waals surface area contributed by atoms with E-state index in [9.17, 15) is 0 Å². The van der Waals surface area contributed by atoms with E-state index in [0.717, 1.165) is 12.8 Å². The summed E-state index contributed by atoms with van der Waals surface area (Å²) in [5.41, 5.74) is 6.35. The van der Waals surface area contributed by atoms with Gasteiger partial charge in [-0.1, -0.05) is 60.4 Å². The lowest BCUT2D eigenvalue weighted by Gasteiger charge is -2.07. The van der Waals surface area contributed by atoms with Gasteiger partial charge in [-0.2, -0.15) is 0 Å². The fourth-order valence-electron chi connectivity index (χ4n) is 4.42. The number of hydrogen-bond acceptors (Lipinski definition) is 3.